The number of ketones is 1. The third-order valence-electron chi connectivity index (χ3n) is 2.97. The minimum Gasteiger partial charge on any atom is -0.316 e. The molecule has 0 saturated carbocycles. The molecular weight excluding hydrogens is 347 g/mol. The Morgan fingerprint density at radius 3 is 2.24 bits per heavy atom. The van der Waals surface area contributed by atoms with Gasteiger partial charge >= 0.3 is 6.18 Å². The molecule has 0 aliphatic rings. The molecule has 2 aromatic carbocycles. The molecule has 110 valence electrons. The number of benzene rings is 2. The van der Waals surface area contributed by atoms with E-state index in [9.17, 15) is 18.0 Å². The SMILES string of the molecule is N[C@H](c1cccc(C(=O)c2ccc(Br)cc2)c1)C(F)(F)F. The van der Waals surface area contributed by atoms with Crippen molar-refractivity contribution >= 4 is 21.7 Å². The van der Waals surface area contributed by atoms with Crippen LogP contribution >= 0.6 is 15.9 Å². The minimum absolute atomic E-state index is 0.134. The van der Waals surface area contributed by atoms with Crippen LogP contribution < -0.4 is 5.73 Å². The van der Waals surface area contributed by atoms with Crippen molar-refractivity contribution in [3.63, 3.8) is 0 Å². The van der Waals surface area contributed by atoms with Gasteiger partial charge in [0.2, 0.25) is 0 Å². The van der Waals surface area contributed by atoms with Crippen molar-refractivity contribution in [2.75, 3.05) is 0 Å². The van der Waals surface area contributed by atoms with Crippen molar-refractivity contribution in [1.29, 1.82) is 0 Å². The first kappa shape index (κ1) is 15.7. The van der Waals surface area contributed by atoms with E-state index in [1.807, 2.05) is 0 Å². The lowest BCUT2D eigenvalue weighted by Crippen LogP contribution is -2.28. The maximum atomic E-state index is 12.6. The molecule has 21 heavy (non-hydrogen) atoms. The molecule has 0 spiro atoms. The van der Waals surface area contributed by atoms with Crippen LogP contribution in [0.2, 0.25) is 0 Å². The first-order valence-corrected chi connectivity index (χ1v) is 6.81. The summed E-state index contributed by atoms with van der Waals surface area (Å²) in [4.78, 5) is 12.2. The molecule has 6 heteroatoms. The third-order valence-corrected chi connectivity index (χ3v) is 3.50. The van der Waals surface area contributed by atoms with Crippen LogP contribution in [-0.2, 0) is 0 Å². The topological polar surface area (TPSA) is 43.1 Å². The van der Waals surface area contributed by atoms with Crippen molar-refractivity contribution in [3.8, 4) is 0 Å². The highest BCUT2D eigenvalue weighted by atomic mass is 79.9. The zero-order valence-electron chi connectivity index (χ0n) is 10.7. The maximum Gasteiger partial charge on any atom is 0.407 e. The lowest BCUT2D eigenvalue weighted by Gasteiger charge is -2.16. The van der Waals surface area contributed by atoms with Crippen molar-refractivity contribution in [1.82, 2.24) is 0 Å². The van der Waals surface area contributed by atoms with Gasteiger partial charge in [0.05, 0.1) is 0 Å². The van der Waals surface area contributed by atoms with Crippen LogP contribution in [0.25, 0.3) is 0 Å². The van der Waals surface area contributed by atoms with E-state index in [4.69, 9.17) is 5.73 Å². The number of alkyl halides is 3. The molecule has 2 aromatic rings. The molecule has 0 amide bonds. The number of nitrogens with two attached hydrogens (primary N) is 1. The van der Waals surface area contributed by atoms with E-state index in [1.165, 1.54) is 24.3 Å². The van der Waals surface area contributed by atoms with Crippen LogP contribution in [0, 0.1) is 0 Å². The standard InChI is InChI=1S/C15H11BrF3NO/c16-12-6-4-9(5-7-12)13(21)10-2-1-3-11(8-10)14(20)15(17,18)19/h1-8,14H,20H2/t14-/m1/s1. The molecular formula is C15H11BrF3NO. The Morgan fingerprint density at radius 2 is 1.67 bits per heavy atom. The summed E-state index contributed by atoms with van der Waals surface area (Å²) in [6.45, 7) is 0. The van der Waals surface area contributed by atoms with Gasteiger partial charge in [0.25, 0.3) is 0 Å². The number of carbonyl (C=O) groups excluding carboxylic acids is 1. The van der Waals surface area contributed by atoms with Gasteiger partial charge in [0, 0.05) is 15.6 Å². The maximum absolute atomic E-state index is 12.6. The normalized spacial score (nSPS) is 13.0. The highest BCUT2D eigenvalue weighted by molar-refractivity contribution is 9.10. The predicted octanol–water partition coefficient (Wildman–Crippen LogP) is 4.24. The quantitative estimate of drug-likeness (QED) is 0.834. The average Bonchev–Trinajstić information content (AvgIpc) is 2.45. The zero-order valence-corrected chi connectivity index (χ0v) is 12.3. The van der Waals surface area contributed by atoms with Crippen LogP contribution in [0.15, 0.2) is 53.0 Å². The fraction of sp³-hybridized carbons (Fsp3) is 0.133. The van der Waals surface area contributed by atoms with Crippen LogP contribution in [0.3, 0.4) is 0 Å². The summed E-state index contributed by atoms with van der Waals surface area (Å²) in [5, 5.41) is 0. The molecule has 0 aromatic heterocycles. The molecule has 0 radical (unpaired) electrons. The highest BCUT2D eigenvalue weighted by Gasteiger charge is 2.37. The summed E-state index contributed by atoms with van der Waals surface area (Å²) >= 11 is 3.25. The largest absolute Gasteiger partial charge is 0.407 e. The van der Waals surface area contributed by atoms with Crippen molar-refractivity contribution in [2.45, 2.75) is 12.2 Å². The van der Waals surface area contributed by atoms with E-state index in [1.54, 1.807) is 24.3 Å². The fourth-order valence-corrected chi connectivity index (χ4v) is 2.09. The van der Waals surface area contributed by atoms with Gasteiger partial charge in [-0.3, -0.25) is 4.79 Å². The van der Waals surface area contributed by atoms with Crippen molar-refractivity contribution < 1.29 is 18.0 Å². The molecule has 2 N–H and O–H groups in total. The summed E-state index contributed by atoms with van der Waals surface area (Å²) in [7, 11) is 0. The van der Waals surface area contributed by atoms with Gasteiger partial charge < -0.3 is 5.73 Å². The van der Waals surface area contributed by atoms with Crippen LogP contribution in [0.1, 0.15) is 27.5 Å². The summed E-state index contributed by atoms with van der Waals surface area (Å²) in [6.07, 6.45) is -4.54. The fourth-order valence-electron chi connectivity index (χ4n) is 1.83. The molecule has 0 aliphatic heterocycles. The van der Waals surface area contributed by atoms with Gasteiger partial charge in [0.1, 0.15) is 6.04 Å². The second kappa shape index (κ2) is 5.99. The van der Waals surface area contributed by atoms with E-state index in [0.717, 1.165) is 4.47 Å². The van der Waals surface area contributed by atoms with Gasteiger partial charge in [-0.25, -0.2) is 0 Å². The summed E-state index contributed by atoms with van der Waals surface area (Å²) in [6, 6.07) is 9.79. The van der Waals surface area contributed by atoms with Gasteiger partial charge in [-0.1, -0.05) is 34.1 Å². The summed E-state index contributed by atoms with van der Waals surface area (Å²) < 4.78 is 38.7. The molecule has 0 fully saturated rings. The third kappa shape index (κ3) is 3.71. The molecule has 0 saturated heterocycles. The van der Waals surface area contributed by atoms with E-state index in [2.05, 4.69) is 15.9 Å². The lowest BCUT2D eigenvalue weighted by atomic mass is 9.98. The summed E-state index contributed by atoms with van der Waals surface area (Å²) in [5.74, 6) is -0.348. The molecule has 0 unspecified atom stereocenters. The molecule has 0 aliphatic carbocycles. The van der Waals surface area contributed by atoms with Gasteiger partial charge in [-0.2, -0.15) is 13.2 Å². The van der Waals surface area contributed by atoms with E-state index < -0.39 is 12.2 Å². The van der Waals surface area contributed by atoms with Gasteiger partial charge in [-0.15, -0.1) is 0 Å². The van der Waals surface area contributed by atoms with Crippen LogP contribution in [0.4, 0.5) is 13.2 Å². The molecule has 1 atom stereocenters. The monoisotopic (exact) mass is 357 g/mol. The Bertz CT molecular complexity index is 653. The Labute approximate surface area is 127 Å². The second-order valence-electron chi connectivity index (χ2n) is 4.48. The van der Waals surface area contributed by atoms with Crippen LogP contribution in [-0.4, -0.2) is 12.0 Å². The zero-order chi connectivity index (χ0) is 15.6. The van der Waals surface area contributed by atoms with E-state index >= 15 is 0 Å². The van der Waals surface area contributed by atoms with Crippen molar-refractivity contribution in [2.24, 2.45) is 5.73 Å². The number of hydrogen-bond acceptors (Lipinski definition) is 2. The van der Waals surface area contributed by atoms with E-state index in [0.29, 0.717) is 5.56 Å². The Balaban J connectivity index is 2.33. The predicted molar refractivity (Wildman–Crippen MR) is 77.0 cm³/mol. The Kier molecular flexibility index (Phi) is 4.49. The smallest absolute Gasteiger partial charge is 0.316 e. The van der Waals surface area contributed by atoms with Gasteiger partial charge in [0.15, 0.2) is 5.78 Å². The lowest BCUT2D eigenvalue weighted by molar-refractivity contribution is -0.149. The number of rotatable bonds is 3. The first-order valence-electron chi connectivity index (χ1n) is 6.01. The highest BCUT2D eigenvalue weighted by Crippen LogP contribution is 2.31. The Morgan fingerprint density at radius 1 is 1.05 bits per heavy atom. The molecule has 0 heterocycles. The summed E-state index contributed by atoms with van der Waals surface area (Å²) in [5.41, 5.74) is 5.60. The minimum atomic E-state index is -4.54. The second-order valence-corrected chi connectivity index (χ2v) is 5.40. The Hall–Kier alpha value is -1.66. The number of carbonyl (C=O) groups is 1. The molecule has 0 bridgehead atoms. The van der Waals surface area contributed by atoms with Crippen LogP contribution in [0.5, 0.6) is 0 Å². The number of halogens is 4. The molecule has 2 rings (SSSR count). The first-order chi connectivity index (χ1) is 9.79. The van der Waals surface area contributed by atoms with Crippen molar-refractivity contribution in [3.05, 3.63) is 69.7 Å². The average molecular weight is 358 g/mol. The molecule has 2 nitrogen and oxygen atoms in total. The number of hydrogen-bond donors (Lipinski definition) is 1. The van der Waals surface area contributed by atoms with E-state index in [-0.39, 0.29) is 16.9 Å². The van der Waals surface area contributed by atoms with Gasteiger partial charge in [-0.05, 0) is 35.9 Å².